The number of ether oxygens (including phenoxy) is 3. The Kier molecular flexibility index (Phi) is 7.11. The molecule has 1 heterocycles. The zero-order valence-electron chi connectivity index (χ0n) is 15.8. The quantitative estimate of drug-likeness (QED) is 0.652. The van der Waals surface area contributed by atoms with Crippen LogP contribution in [0.15, 0.2) is 48.5 Å². The van der Waals surface area contributed by atoms with Crippen molar-refractivity contribution < 1.29 is 19.0 Å². The Labute approximate surface area is 160 Å². The van der Waals surface area contributed by atoms with E-state index in [0.29, 0.717) is 30.2 Å². The van der Waals surface area contributed by atoms with Crippen molar-refractivity contribution in [1.29, 1.82) is 0 Å². The summed E-state index contributed by atoms with van der Waals surface area (Å²) in [5, 5.41) is 2.92. The molecular weight excluding hydrogens is 342 g/mol. The van der Waals surface area contributed by atoms with Crippen LogP contribution in [0.25, 0.3) is 0 Å². The molecule has 144 valence electrons. The molecule has 0 spiro atoms. The first-order chi connectivity index (χ1) is 13.2. The van der Waals surface area contributed by atoms with Crippen LogP contribution in [0, 0.1) is 0 Å². The highest BCUT2D eigenvalue weighted by Gasteiger charge is 2.16. The van der Waals surface area contributed by atoms with Crippen molar-refractivity contribution >= 4 is 11.6 Å². The van der Waals surface area contributed by atoms with Gasteiger partial charge >= 0.3 is 0 Å². The fourth-order valence-corrected chi connectivity index (χ4v) is 2.89. The van der Waals surface area contributed by atoms with E-state index in [2.05, 4.69) is 12.2 Å². The van der Waals surface area contributed by atoms with Gasteiger partial charge in [0.05, 0.1) is 12.7 Å². The third-order valence-electron chi connectivity index (χ3n) is 4.41. The lowest BCUT2D eigenvalue weighted by Crippen LogP contribution is -2.16. The number of benzene rings is 2. The molecule has 1 unspecified atom stereocenters. The summed E-state index contributed by atoms with van der Waals surface area (Å²) in [6.07, 6.45) is 4.36. The molecule has 1 saturated heterocycles. The van der Waals surface area contributed by atoms with Crippen LogP contribution in [0.5, 0.6) is 11.5 Å². The summed E-state index contributed by atoms with van der Waals surface area (Å²) in [5.41, 5.74) is 1.26. The second-order valence-electron chi connectivity index (χ2n) is 6.66. The summed E-state index contributed by atoms with van der Waals surface area (Å²) < 4.78 is 17.0. The molecule has 0 radical (unpaired) electrons. The Balaban J connectivity index is 1.57. The largest absolute Gasteiger partial charge is 0.494 e. The average molecular weight is 369 g/mol. The first-order valence-corrected chi connectivity index (χ1v) is 9.63. The fraction of sp³-hybridized carbons (Fsp3) is 0.409. The smallest absolute Gasteiger partial charge is 0.255 e. The molecule has 1 amide bonds. The van der Waals surface area contributed by atoms with E-state index in [1.807, 2.05) is 36.4 Å². The second kappa shape index (κ2) is 9.97. The van der Waals surface area contributed by atoms with Crippen LogP contribution in [-0.4, -0.2) is 31.8 Å². The molecule has 3 rings (SSSR count). The molecule has 27 heavy (non-hydrogen) atoms. The predicted molar refractivity (Wildman–Crippen MR) is 106 cm³/mol. The number of hydrogen-bond acceptors (Lipinski definition) is 4. The molecule has 2 aromatic rings. The Hall–Kier alpha value is -2.53. The highest BCUT2D eigenvalue weighted by molar-refractivity contribution is 6.04. The van der Waals surface area contributed by atoms with E-state index in [4.69, 9.17) is 14.2 Å². The van der Waals surface area contributed by atoms with Gasteiger partial charge in [-0.25, -0.2) is 0 Å². The number of carbonyl (C=O) groups is 1. The van der Waals surface area contributed by atoms with Crippen molar-refractivity contribution in [2.24, 2.45) is 0 Å². The average Bonchev–Trinajstić information content (AvgIpc) is 3.21. The minimum atomic E-state index is -0.174. The molecular formula is C22H27NO4. The molecule has 1 aliphatic heterocycles. The van der Waals surface area contributed by atoms with Gasteiger partial charge in [-0.3, -0.25) is 4.79 Å². The van der Waals surface area contributed by atoms with Gasteiger partial charge in [-0.15, -0.1) is 0 Å². The molecule has 0 saturated carbocycles. The van der Waals surface area contributed by atoms with Gasteiger partial charge in [0.15, 0.2) is 0 Å². The van der Waals surface area contributed by atoms with Crippen LogP contribution in [-0.2, 0) is 4.74 Å². The lowest BCUT2D eigenvalue weighted by atomic mass is 10.2. The van der Waals surface area contributed by atoms with E-state index in [-0.39, 0.29) is 12.0 Å². The summed E-state index contributed by atoms with van der Waals surface area (Å²) in [6.45, 7) is 4.12. The van der Waals surface area contributed by atoms with E-state index in [1.54, 1.807) is 12.1 Å². The maximum atomic E-state index is 12.5. The maximum Gasteiger partial charge on any atom is 0.255 e. The van der Waals surface area contributed by atoms with Crippen LogP contribution in [0.1, 0.15) is 43.0 Å². The van der Waals surface area contributed by atoms with E-state index in [9.17, 15) is 4.79 Å². The molecule has 5 nitrogen and oxygen atoms in total. The SMILES string of the molecule is CCCCOc1cccc(C(=O)Nc2cccc(OCC3CCCO3)c2)c1. The van der Waals surface area contributed by atoms with Crippen LogP contribution in [0.3, 0.4) is 0 Å². The van der Waals surface area contributed by atoms with E-state index in [0.717, 1.165) is 38.0 Å². The lowest BCUT2D eigenvalue weighted by molar-refractivity contribution is 0.0680. The Bertz CT molecular complexity index is 741. The van der Waals surface area contributed by atoms with Crippen LogP contribution < -0.4 is 14.8 Å². The van der Waals surface area contributed by atoms with Crippen LogP contribution >= 0.6 is 0 Å². The first kappa shape index (κ1) is 19.2. The molecule has 5 heteroatoms. The normalized spacial score (nSPS) is 16.1. The Morgan fingerprint density at radius 1 is 1.15 bits per heavy atom. The summed E-state index contributed by atoms with van der Waals surface area (Å²) in [4.78, 5) is 12.5. The molecule has 1 atom stereocenters. The Morgan fingerprint density at radius 2 is 1.96 bits per heavy atom. The number of hydrogen-bond donors (Lipinski definition) is 1. The minimum absolute atomic E-state index is 0.165. The number of amides is 1. The van der Waals surface area contributed by atoms with Gasteiger partial charge < -0.3 is 19.5 Å². The van der Waals surface area contributed by atoms with Crippen LogP contribution in [0.2, 0.25) is 0 Å². The number of anilines is 1. The highest BCUT2D eigenvalue weighted by atomic mass is 16.5. The fourth-order valence-electron chi connectivity index (χ4n) is 2.89. The highest BCUT2D eigenvalue weighted by Crippen LogP contribution is 2.21. The van der Waals surface area contributed by atoms with Crippen molar-refractivity contribution in [3.05, 3.63) is 54.1 Å². The van der Waals surface area contributed by atoms with Gasteiger partial charge in [0, 0.05) is 23.9 Å². The maximum absolute atomic E-state index is 12.5. The molecule has 1 aliphatic rings. The summed E-state index contributed by atoms with van der Waals surface area (Å²) in [6, 6.07) is 14.7. The molecule has 0 aromatic heterocycles. The summed E-state index contributed by atoms with van der Waals surface area (Å²) in [5.74, 6) is 1.26. The van der Waals surface area contributed by atoms with Gasteiger partial charge in [0.2, 0.25) is 0 Å². The van der Waals surface area contributed by atoms with Crippen molar-refractivity contribution in [2.45, 2.75) is 38.7 Å². The standard InChI is InChI=1S/C22H27NO4/c1-2-3-12-25-19-9-4-7-17(14-19)22(24)23-18-8-5-10-20(15-18)27-16-21-11-6-13-26-21/h4-5,7-10,14-15,21H,2-3,6,11-13,16H2,1H3,(H,23,24). The van der Waals surface area contributed by atoms with E-state index >= 15 is 0 Å². The minimum Gasteiger partial charge on any atom is -0.494 e. The Morgan fingerprint density at radius 3 is 2.74 bits per heavy atom. The van der Waals surface area contributed by atoms with Crippen molar-refractivity contribution in [1.82, 2.24) is 0 Å². The van der Waals surface area contributed by atoms with E-state index < -0.39 is 0 Å². The van der Waals surface area contributed by atoms with Crippen molar-refractivity contribution in [3.8, 4) is 11.5 Å². The van der Waals surface area contributed by atoms with Gasteiger partial charge in [0.1, 0.15) is 18.1 Å². The van der Waals surface area contributed by atoms with Gasteiger partial charge in [0.25, 0.3) is 5.91 Å². The topological polar surface area (TPSA) is 56.8 Å². The lowest BCUT2D eigenvalue weighted by Gasteiger charge is -2.13. The predicted octanol–water partition coefficient (Wildman–Crippen LogP) is 4.68. The van der Waals surface area contributed by atoms with Gasteiger partial charge in [-0.1, -0.05) is 25.5 Å². The number of unbranched alkanes of at least 4 members (excludes halogenated alkanes) is 1. The zero-order valence-corrected chi connectivity index (χ0v) is 15.8. The van der Waals surface area contributed by atoms with E-state index in [1.165, 1.54) is 0 Å². The van der Waals surface area contributed by atoms with Gasteiger partial charge in [-0.05, 0) is 49.6 Å². The second-order valence-corrected chi connectivity index (χ2v) is 6.66. The molecule has 1 N–H and O–H groups in total. The number of nitrogens with one attached hydrogen (secondary N) is 1. The monoisotopic (exact) mass is 369 g/mol. The third-order valence-corrected chi connectivity index (χ3v) is 4.41. The third kappa shape index (κ3) is 6.00. The van der Waals surface area contributed by atoms with Crippen molar-refractivity contribution in [2.75, 3.05) is 25.1 Å². The molecule has 0 aliphatic carbocycles. The molecule has 1 fully saturated rings. The number of rotatable bonds is 9. The molecule has 0 bridgehead atoms. The first-order valence-electron chi connectivity index (χ1n) is 9.63. The summed E-state index contributed by atoms with van der Waals surface area (Å²) >= 11 is 0. The van der Waals surface area contributed by atoms with Crippen molar-refractivity contribution in [3.63, 3.8) is 0 Å². The summed E-state index contributed by atoms with van der Waals surface area (Å²) in [7, 11) is 0. The number of carbonyl (C=O) groups excluding carboxylic acids is 1. The zero-order chi connectivity index (χ0) is 18.9. The van der Waals surface area contributed by atoms with Crippen LogP contribution in [0.4, 0.5) is 5.69 Å². The van der Waals surface area contributed by atoms with Gasteiger partial charge in [-0.2, -0.15) is 0 Å². The molecule has 2 aromatic carbocycles.